The topological polar surface area (TPSA) is 47.6 Å². The van der Waals surface area contributed by atoms with Crippen molar-refractivity contribution in [3.8, 4) is 5.75 Å². The van der Waals surface area contributed by atoms with E-state index in [-0.39, 0.29) is 18.3 Å². The van der Waals surface area contributed by atoms with Gasteiger partial charge in [-0.1, -0.05) is 30.3 Å². The van der Waals surface area contributed by atoms with Crippen molar-refractivity contribution in [1.82, 2.24) is 5.32 Å². The maximum atomic E-state index is 13.4. The third kappa shape index (κ3) is 3.51. The number of carbonyl (C=O) groups is 1. The third-order valence-corrected chi connectivity index (χ3v) is 4.76. The van der Waals surface area contributed by atoms with Gasteiger partial charge in [0, 0.05) is 19.2 Å². The highest BCUT2D eigenvalue weighted by Gasteiger charge is 2.52. The van der Waals surface area contributed by atoms with Gasteiger partial charge in [0.25, 0.3) is 0 Å². The van der Waals surface area contributed by atoms with Crippen LogP contribution in [0.15, 0.2) is 48.5 Å². The Morgan fingerprint density at radius 2 is 1.96 bits per heavy atom. The fourth-order valence-corrected chi connectivity index (χ4v) is 3.18. The number of nitrogens with one attached hydrogen (secondary N) is 1. The van der Waals surface area contributed by atoms with Crippen LogP contribution in [-0.2, 0) is 14.9 Å². The summed E-state index contributed by atoms with van der Waals surface area (Å²) in [5.41, 5.74) is 1.08. The van der Waals surface area contributed by atoms with Gasteiger partial charge < -0.3 is 14.8 Å². The molecule has 1 fully saturated rings. The highest BCUT2D eigenvalue weighted by atomic mass is 19.1. The Kier molecular flexibility index (Phi) is 5.04. The summed E-state index contributed by atoms with van der Waals surface area (Å²) in [5.74, 6) is 0.359. The summed E-state index contributed by atoms with van der Waals surface area (Å²) in [4.78, 5) is 12.8. The second kappa shape index (κ2) is 7.23. The molecule has 1 amide bonds. The number of rotatable bonds is 7. The minimum absolute atomic E-state index is 0.0459. The highest BCUT2D eigenvalue weighted by molar-refractivity contribution is 5.92. The zero-order chi connectivity index (χ0) is 17.9. The Morgan fingerprint density at radius 1 is 1.20 bits per heavy atom. The van der Waals surface area contributed by atoms with Gasteiger partial charge in [-0.05, 0) is 36.6 Å². The largest absolute Gasteiger partial charge is 0.496 e. The minimum atomic E-state index is -0.535. The van der Waals surface area contributed by atoms with E-state index in [1.54, 1.807) is 26.4 Å². The molecule has 1 saturated carbocycles. The lowest BCUT2D eigenvalue weighted by molar-refractivity contribution is -0.124. The number of amides is 1. The predicted octanol–water partition coefficient (Wildman–Crippen LogP) is 3.37. The van der Waals surface area contributed by atoms with Crippen LogP contribution >= 0.6 is 0 Å². The van der Waals surface area contributed by atoms with E-state index in [1.807, 2.05) is 24.3 Å². The van der Waals surface area contributed by atoms with Crippen molar-refractivity contribution in [2.24, 2.45) is 0 Å². The van der Waals surface area contributed by atoms with E-state index in [1.165, 1.54) is 12.1 Å². The van der Waals surface area contributed by atoms with Crippen LogP contribution in [0, 0.1) is 5.82 Å². The van der Waals surface area contributed by atoms with Crippen molar-refractivity contribution >= 4 is 5.91 Å². The van der Waals surface area contributed by atoms with E-state index in [9.17, 15) is 9.18 Å². The van der Waals surface area contributed by atoms with E-state index in [0.717, 1.165) is 24.2 Å². The first kappa shape index (κ1) is 17.4. The molecule has 3 rings (SSSR count). The Labute approximate surface area is 147 Å². The number of hydrogen-bond acceptors (Lipinski definition) is 3. The number of benzene rings is 2. The Bertz CT molecular complexity index is 758. The van der Waals surface area contributed by atoms with Gasteiger partial charge in [0.05, 0.1) is 18.6 Å². The average Bonchev–Trinajstić information content (AvgIpc) is 3.44. The van der Waals surface area contributed by atoms with Crippen LogP contribution in [0.4, 0.5) is 4.39 Å². The molecule has 0 radical (unpaired) electrons. The van der Waals surface area contributed by atoms with Crippen LogP contribution in [0.5, 0.6) is 5.75 Å². The molecule has 1 aliphatic carbocycles. The molecule has 1 atom stereocenters. The first-order valence-corrected chi connectivity index (χ1v) is 8.31. The van der Waals surface area contributed by atoms with Gasteiger partial charge in [0.1, 0.15) is 11.6 Å². The van der Waals surface area contributed by atoms with E-state index in [0.29, 0.717) is 5.56 Å². The lowest BCUT2D eigenvalue weighted by Crippen LogP contribution is -2.37. The number of ether oxygens (including phenoxy) is 2. The monoisotopic (exact) mass is 343 g/mol. The zero-order valence-electron chi connectivity index (χ0n) is 14.4. The second-order valence-corrected chi connectivity index (χ2v) is 6.27. The van der Waals surface area contributed by atoms with Gasteiger partial charge in [-0.3, -0.25) is 4.79 Å². The van der Waals surface area contributed by atoms with Crippen molar-refractivity contribution in [2.75, 3.05) is 20.8 Å². The molecule has 132 valence electrons. The molecule has 0 heterocycles. The summed E-state index contributed by atoms with van der Waals surface area (Å²) in [7, 11) is 3.16. The summed E-state index contributed by atoms with van der Waals surface area (Å²) >= 11 is 0. The molecule has 2 aromatic rings. The number of halogens is 1. The van der Waals surface area contributed by atoms with Gasteiger partial charge in [0.2, 0.25) is 5.91 Å². The molecule has 1 unspecified atom stereocenters. The quantitative estimate of drug-likeness (QED) is 0.838. The van der Waals surface area contributed by atoms with Gasteiger partial charge in [-0.25, -0.2) is 4.39 Å². The molecule has 0 aromatic heterocycles. The summed E-state index contributed by atoms with van der Waals surface area (Å²) in [6.45, 7) is 0.287. The highest BCUT2D eigenvalue weighted by Crippen LogP contribution is 2.51. The number of carbonyl (C=O) groups excluding carboxylic acids is 1. The molecular weight excluding hydrogens is 321 g/mol. The standard InChI is InChI=1S/C20H22FNO3/c1-24-17-9-4-3-8-16(17)20(10-11-20)19(23)22-13-18(25-2)14-6-5-7-15(21)12-14/h3-9,12,18H,10-11,13H2,1-2H3,(H,22,23). The molecule has 0 spiro atoms. The molecule has 0 bridgehead atoms. The summed E-state index contributed by atoms with van der Waals surface area (Å²) < 4.78 is 24.2. The average molecular weight is 343 g/mol. The van der Waals surface area contributed by atoms with Crippen molar-refractivity contribution in [1.29, 1.82) is 0 Å². The zero-order valence-corrected chi connectivity index (χ0v) is 14.4. The molecule has 0 saturated heterocycles. The first-order chi connectivity index (χ1) is 12.1. The predicted molar refractivity (Wildman–Crippen MR) is 93.1 cm³/mol. The van der Waals surface area contributed by atoms with Crippen LogP contribution in [-0.4, -0.2) is 26.7 Å². The van der Waals surface area contributed by atoms with Crippen molar-refractivity contribution in [3.63, 3.8) is 0 Å². The van der Waals surface area contributed by atoms with Gasteiger partial charge in [0.15, 0.2) is 0 Å². The molecule has 25 heavy (non-hydrogen) atoms. The van der Waals surface area contributed by atoms with Crippen molar-refractivity contribution < 1.29 is 18.7 Å². The molecule has 2 aromatic carbocycles. The van der Waals surface area contributed by atoms with Crippen molar-refractivity contribution in [3.05, 3.63) is 65.5 Å². The Balaban J connectivity index is 1.71. The SMILES string of the molecule is COc1ccccc1C1(C(=O)NCC(OC)c2cccc(F)c2)CC1. The molecule has 1 N–H and O–H groups in total. The number of methoxy groups -OCH3 is 2. The van der Waals surface area contributed by atoms with Crippen LogP contribution in [0.2, 0.25) is 0 Å². The summed E-state index contributed by atoms with van der Waals surface area (Å²) in [6, 6.07) is 13.8. The molecule has 0 aliphatic heterocycles. The maximum Gasteiger partial charge on any atom is 0.230 e. The van der Waals surface area contributed by atoms with Crippen LogP contribution in [0.1, 0.15) is 30.1 Å². The lowest BCUT2D eigenvalue weighted by Gasteiger charge is -2.21. The number of para-hydroxylation sites is 1. The second-order valence-electron chi connectivity index (χ2n) is 6.27. The van der Waals surface area contributed by atoms with E-state index < -0.39 is 11.5 Å². The van der Waals surface area contributed by atoms with Crippen molar-refractivity contribution in [2.45, 2.75) is 24.4 Å². The van der Waals surface area contributed by atoms with Gasteiger partial charge >= 0.3 is 0 Å². The maximum absolute atomic E-state index is 13.4. The normalized spacial score (nSPS) is 16.1. The Hall–Kier alpha value is -2.40. The minimum Gasteiger partial charge on any atom is -0.496 e. The Morgan fingerprint density at radius 3 is 2.60 bits per heavy atom. The van der Waals surface area contributed by atoms with Crippen LogP contribution in [0.3, 0.4) is 0 Å². The molecular formula is C20H22FNO3. The first-order valence-electron chi connectivity index (χ1n) is 8.31. The smallest absolute Gasteiger partial charge is 0.230 e. The summed E-state index contributed by atoms with van der Waals surface area (Å²) in [6.07, 6.45) is 1.18. The molecule has 1 aliphatic rings. The fraction of sp³-hybridized carbons (Fsp3) is 0.350. The van der Waals surface area contributed by atoms with Gasteiger partial charge in [-0.15, -0.1) is 0 Å². The number of hydrogen-bond donors (Lipinski definition) is 1. The summed E-state index contributed by atoms with van der Waals surface area (Å²) in [5, 5.41) is 2.96. The molecule has 4 nitrogen and oxygen atoms in total. The van der Waals surface area contributed by atoms with E-state index in [4.69, 9.17) is 9.47 Å². The van der Waals surface area contributed by atoms with E-state index >= 15 is 0 Å². The van der Waals surface area contributed by atoms with Crippen LogP contribution in [0.25, 0.3) is 0 Å². The lowest BCUT2D eigenvalue weighted by atomic mass is 9.93. The molecule has 5 heteroatoms. The van der Waals surface area contributed by atoms with E-state index in [2.05, 4.69) is 5.32 Å². The van der Waals surface area contributed by atoms with Crippen LogP contribution < -0.4 is 10.1 Å². The third-order valence-electron chi connectivity index (χ3n) is 4.76. The van der Waals surface area contributed by atoms with Gasteiger partial charge in [-0.2, -0.15) is 0 Å². The fourth-order valence-electron chi connectivity index (χ4n) is 3.18.